The summed E-state index contributed by atoms with van der Waals surface area (Å²) in [7, 11) is 0. The second-order valence-electron chi connectivity index (χ2n) is 2.76. The van der Waals surface area contributed by atoms with Crippen molar-refractivity contribution in [2.75, 3.05) is 5.73 Å². The molecule has 0 saturated heterocycles. The minimum Gasteiger partial charge on any atom is -0.439 e. The highest BCUT2D eigenvalue weighted by molar-refractivity contribution is 7.99. The smallest absolute Gasteiger partial charge is 0.262 e. The first-order chi connectivity index (χ1) is 6.74. The van der Waals surface area contributed by atoms with Crippen molar-refractivity contribution < 1.29 is 4.42 Å². The Morgan fingerprint density at radius 2 is 2.21 bits per heavy atom. The molecular formula is C9H9N3OS. The van der Waals surface area contributed by atoms with E-state index in [2.05, 4.69) is 9.97 Å². The van der Waals surface area contributed by atoms with Crippen molar-refractivity contribution in [3.05, 3.63) is 30.2 Å². The van der Waals surface area contributed by atoms with E-state index in [-0.39, 0.29) is 0 Å². The summed E-state index contributed by atoms with van der Waals surface area (Å²) in [4.78, 5) is 8.27. The van der Waals surface area contributed by atoms with Crippen LogP contribution in [0.25, 0.3) is 0 Å². The fourth-order valence-corrected chi connectivity index (χ4v) is 1.72. The molecule has 4 nitrogen and oxygen atoms in total. The number of rotatable bonds is 2. The number of pyridine rings is 1. The molecule has 2 N–H and O–H groups in total. The van der Waals surface area contributed by atoms with Gasteiger partial charge >= 0.3 is 0 Å². The molecule has 0 aromatic carbocycles. The van der Waals surface area contributed by atoms with Gasteiger partial charge in [0, 0.05) is 0 Å². The predicted octanol–water partition coefficient (Wildman–Crippen LogP) is 2.11. The molecule has 0 atom stereocenters. The lowest BCUT2D eigenvalue weighted by Crippen LogP contribution is -1.89. The van der Waals surface area contributed by atoms with Gasteiger partial charge in [-0.2, -0.15) is 0 Å². The third-order valence-electron chi connectivity index (χ3n) is 1.53. The van der Waals surface area contributed by atoms with Gasteiger partial charge < -0.3 is 10.2 Å². The van der Waals surface area contributed by atoms with Crippen molar-refractivity contribution in [3.63, 3.8) is 0 Å². The molecule has 14 heavy (non-hydrogen) atoms. The molecule has 72 valence electrons. The van der Waals surface area contributed by atoms with Crippen LogP contribution in [0.2, 0.25) is 0 Å². The molecule has 0 aliphatic heterocycles. The van der Waals surface area contributed by atoms with Gasteiger partial charge in [-0.25, -0.2) is 9.97 Å². The van der Waals surface area contributed by atoms with Crippen LogP contribution in [-0.4, -0.2) is 9.97 Å². The van der Waals surface area contributed by atoms with E-state index in [1.807, 2.05) is 19.1 Å². The zero-order chi connectivity index (χ0) is 9.97. The number of oxazole rings is 1. The fourth-order valence-electron chi connectivity index (χ4n) is 0.956. The van der Waals surface area contributed by atoms with Crippen LogP contribution in [0.15, 0.2) is 39.1 Å². The third kappa shape index (κ3) is 2.05. The van der Waals surface area contributed by atoms with Crippen molar-refractivity contribution in [2.24, 2.45) is 0 Å². The number of aromatic nitrogens is 2. The number of aryl methyl sites for hydroxylation is 1. The van der Waals surface area contributed by atoms with E-state index in [9.17, 15) is 0 Å². The zero-order valence-corrected chi connectivity index (χ0v) is 8.41. The lowest BCUT2D eigenvalue weighted by atomic mass is 10.5. The average molecular weight is 207 g/mol. The summed E-state index contributed by atoms with van der Waals surface area (Å²) >= 11 is 1.35. The first kappa shape index (κ1) is 9.08. The highest BCUT2D eigenvalue weighted by Crippen LogP contribution is 2.25. The molecule has 0 aliphatic rings. The minimum atomic E-state index is 0.498. The number of anilines is 1. The fraction of sp³-hybridized carbons (Fsp3) is 0.111. The average Bonchev–Trinajstić information content (AvgIpc) is 2.51. The van der Waals surface area contributed by atoms with Crippen molar-refractivity contribution in [3.8, 4) is 0 Å². The van der Waals surface area contributed by atoms with Crippen molar-refractivity contribution in [1.29, 1.82) is 0 Å². The summed E-state index contributed by atoms with van der Waals surface area (Å²) < 4.78 is 5.18. The molecule has 0 unspecified atom stereocenters. The van der Waals surface area contributed by atoms with E-state index in [0.29, 0.717) is 11.0 Å². The van der Waals surface area contributed by atoms with Crippen LogP contribution in [-0.2, 0) is 0 Å². The third-order valence-corrected chi connectivity index (χ3v) is 2.33. The van der Waals surface area contributed by atoms with Crippen LogP contribution < -0.4 is 5.73 Å². The SMILES string of the molecule is Cc1coc(Sc2cccc(N)n2)n1. The quantitative estimate of drug-likeness (QED) is 0.817. The summed E-state index contributed by atoms with van der Waals surface area (Å²) in [6.45, 7) is 1.88. The number of hydrogen-bond acceptors (Lipinski definition) is 5. The van der Waals surface area contributed by atoms with Crippen LogP contribution in [0.1, 0.15) is 5.69 Å². The molecule has 0 fully saturated rings. The molecule has 2 aromatic rings. The van der Waals surface area contributed by atoms with Gasteiger partial charge in [-0.15, -0.1) is 0 Å². The Morgan fingerprint density at radius 3 is 2.86 bits per heavy atom. The normalized spacial score (nSPS) is 10.4. The molecule has 2 aromatic heterocycles. The molecule has 0 amide bonds. The largest absolute Gasteiger partial charge is 0.439 e. The topological polar surface area (TPSA) is 64.9 Å². The Morgan fingerprint density at radius 1 is 1.36 bits per heavy atom. The van der Waals surface area contributed by atoms with Crippen LogP contribution in [0.4, 0.5) is 5.82 Å². The molecule has 0 radical (unpaired) electrons. The molecule has 0 saturated carbocycles. The van der Waals surface area contributed by atoms with Gasteiger partial charge in [0.15, 0.2) is 0 Å². The first-order valence-corrected chi connectivity index (χ1v) is 4.88. The summed E-state index contributed by atoms with van der Waals surface area (Å²) in [5, 5.41) is 1.37. The van der Waals surface area contributed by atoms with Gasteiger partial charge in [-0.3, -0.25) is 0 Å². The Labute approximate surface area is 85.6 Å². The Bertz CT molecular complexity index is 441. The lowest BCUT2D eigenvalue weighted by molar-refractivity contribution is 0.454. The van der Waals surface area contributed by atoms with E-state index in [4.69, 9.17) is 10.2 Å². The maximum atomic E-state index is 5.54. The molecule has 2 rings (SSSR count). The second kappa shape index (κ2) is 3.71. The Kier molecular flexibility index (Phi) is 2.41. The number of hydrogen-bond donors (Lipinski definition) is 1. The molecule has 2 heterocycles. The van der Waals surface area contributed by atoms with Crippen molar-refractivity contribution >= 4 is 17.6 Å². The van der Waals surface area contributed by atoms with Crippen LogP contribution >= 0.6 is 11.8 Å². The van der Waals surface area contributed by atoms with Crippen molar-refractivity contribution in [2.45, 2.75) is 17.2 Å². The Hall–Kier alpha value is -1.49. The van der Waals surface area contributed by atoms with Crippen molar-refractivity contribution in [1.82, 2.24) is 9.97 Å². The van der Waals surface area contributed by atoms with E-state index in [1.165, 1.54) is 11.8 Å². The molecule has 0 aliphatic carbocycles. The highest BCUT2D eigenvalue weighted by atomic mass is 32.2. The van der Waals surface area contributed by atoms with Gasteiger partial charge in [0.2, 0.25) is 0 Å². The number of nitrogens with zero attached hydrogens (tertiary/aromatic N) is 2. The molecule has 0 bridgehead atoms. The van der Waals surface area contributed by atoms with Gasteiger partial charge in [-0.1, -0.05) is 6.07 Å². The van der Waals surface area contributed by atoms with Gasteiger partial charge in [0.05, 0.1) is 5.69 Å². The maximum absolute atomic E-state index is 5.54. The zero-order valence-electron chi connectivity index (χ0n) is 7.60. The first-order valence-electron chi connectivity index (χ1n) is 4.06. The lowest BCUT2D eigenvalue weighted by Gasteiger charge is -1.96. The van der Waals surface area contributed by atoms with E-state index in [0.717, 1.165) is 10.7 Å². The predicted molar refractivity (Wildman–Crippen MR) is 54.0 cm³/mol. The summed E-state index contributed by atoms with van der Waals surface area (Å²) in [6.07, 6.45) is 1.61. The molecule has 5 heteroatoms. The van der Waals surface area contributed by atoms with E-state index >= 15 is 0 Å². The van der Waals surface area contributed by atoms with Gasteiger partial charge in [0.1, 0.15) is 17.1 Å². The second-order valence-corrected chi connectivity index (χ2v) is 3.73. The summed E-state index contributed by atoms with van der Waals surface area (Å²) in [5.74, 6) is 0.498. The van der Waals surface area contributed by atoms with Gasteiger partial charge in [-0.05, 0) is 30.8 Å². The Balaban J connectivity index is 2.18. The van der Waals surface area contributed by atoms with E-state index < -0.39 is 0 Å². The van der Waals surface area contributed by atoms with Crippen LogP contribution in [0.5, 0.6) is 0 Å². The van der Waals surface area contributed by atoms with E-state index in [1.54, 1.807) is 12.3 Å². The number of nitrogens with two attached hydrogens (primary N) is 1. The van der Waals surface area contributed by atoms with Gasteiger partial charge in [0.25, 0.3) is 5.22 Å². The summed E-state index contributed by atoms with van der Waals surface area (Å²) in [6, 6.07) is 5.45. The van der Waals surface area contributed by atoms with Crippen LogP contribution in [0.3, 0.4) is 0 Å². The van der Waals surface area contributed by atoms with Crippen LogP contribution in [0, 0.1) is 6.92 Å². The maximum Gasteiger partial charge on any atom is 0.262 e. The monoisotopic (exact) mass is 207 g/mol. The minimum absolute atomic E-state index is 0.498. The summed E-state index contributed by atoms with van der Waals surface area (Å²) in [5.41, 5.74) is 6.40. The molecule has 0 spiro atoms. The highest BCUT2D eigenvalue weighted by Gasteiger charge is 2.04. The standard InChI is InChI=1S/C9H9N3OS/c1-6-5-13-9(11-6)14-8-4-2-3-7(10)12-8/h2-5H,1H3,(H2,10,12). The number of nitrogen functional groups attached to an aromatic ring is 1. The molecular weight excluding hydrogens is 198 g/mol.